The van der Waals surface area contributed by atoms with Crippen LogP contribution >= 0.6 is 0 Å². The van der Waals surface area contributed by atoms with Crippen molar-refractivity contribution in [2.24, 2.45) is 0 Å². The van der Waals surface area contributed by atoms with Crippen molar-refractivity contribution in [1.29, 1.82) is 0 Å². The van der Waals surface area contributed by atoms with Gasteiger partial charge in [-0.1, -0.05) is 42.5 Å². The molecule has 4 rings (SSSR count). The molecule has 6 heteroatoms. The molecule has 0 aliphatic rings. The van der Waals surface area contributed by atoms with Crippen LogP contribution in [-0.2, 0) is 4.79 Å². The number of nitrogens with one attached hydrogen (secondary N) is 1. The summed E-state index contributed by atoms with van der Waals surface area (Å²) in [6.07, 6.45) is 3.00. The zero-order valence-corrected chi connectivity index (χ0v) is 15.7. The molecule has 1 heterocycles. The Kier molecular flexibility index (Phi) is 5.07. The van der Waals surface area contributed by atoms with Gasteiger partial charge in [-0.05, 0) is 35.9 Å². The Hall–Kier alpha value is -3.93. The molecule has 0 saturated carbocycles. The normalized spacial score (nSPS) is 11.9. The van der Waals surface area contributed by atoms with E-state index in [4.69, 9.17) is 5.73 Å². The van der Waals surface area contributed by atoms with E-state index in [-0.39, 0.29) is 11.9 Å². The summed E-state index contributed by atoms with van der Waals surface area (Å²) in [5.41, 5.74) is 10.0. The molecule has 6 nitrogen and oxygen atoms in total. The van der Waals surface area contributed by atoms with Crippen LogP contribution in [0.2, 0.25) is 0 Å². The molecule has 1 unspecified atom stereocenters. The van der Waals surface area contributed by atoms with Crippen LogP contribution in [0.4, 0.5) is 11.4 Å². The second kappa shape index (κ2) is 7.98. The van der Waals surface area contributed by atoms with Crippen LogP contribution < -0.4 is 11.1 Å². The van der Waals surface area contributed by atoms with Gasteiger partial charge in [0.2, 0.25) is 0 Å². The zero-order chi connectivity index (χ0) is 20.2. The van der Waals surface area contributed by atoms with Gasteiger partial charge in [0.05, 0.1) is 29.0 Å². The summed E-state index contributed by atoms with van der Waals surface area (Å²) < 4.78 is 1.99. The molecule has 1 amide bonds. The predicted octanol–water partition coefficient (Wildman–Crippen LogP) is 4.05. The Balaban J connectivity index is 1.64. The lowest BCUT2D eigenvalue weighted by Crippen LogP contribution is -2.14. The summed E-state index contributed by atoms with van der Waals surface area (Å²) in [6.45, 7) is 0. The third-order valence-electron chi connectivity index (χ3n) is 4.88. The van der Waals surface area contributed by atoms with Gasteiger partial charge in [0, 0.05) is 17.8 Å². The average molecular weight is 384 g/mol. The van der Waals surface area contributed by atoms with E-state index in [9.17, 15) is 9.59 Å². The number of imidazole rings is 1. The maximum atomic E-state index is 12.5. The minimum absolute atomic E-state index is 0.136. The molecule has 1 aromatic heterocycles. The van der Waals surface area contributed by atoms with Crippen LogP contribution in [0.3, 0.4) is 0 Å². The lowest BCUT2D eigenvalue weighted by molar-refractivity contribution is -0.108. The van der Waals surface area contributed by atoms with E-state index < -0.39 is 0 Å². The lowest BCUT2D eigenvalue weighted by Gasteiger charge is -2.17. The van der Waals surface area contributed by atoms with Crippen LogP contribution in [0.5, 0.6) is 0 Å². The summed E-state index contributed by atoms with van der Waals surface area (Å²) in [5.74, 6) is -0.273. The standard InChI is InChI=1S/C23H20N4O2/c24-19-9-5-4-8-18(19)23(29)26-17-10-11-22-20(14-17)25-15-27(22)21(12-13-28)16-6-2-1-3-7-16/h1-11,13-15,21H,12,24H2,(H,26,29). The first kappa shape index (κ1) is 18.4. The second-order valence-electron chi connectivity index (χ2n) is 6.73. The molecule has 0 spiro atoms. The Labute approximate surface area is 168 Å². The van der Waals surface area contributed by atoms with Crippen LogP contribution in [0.1, 0.15) is 28.4 Å². The van der Waals surface area contributed by atoms with Gasteiger partial charge in [-0.25, -0.2) is 4.98 Å². The minimum Gasteiger partial charge on any atom is -0.398 e. The minimum atomic E-state index is -0.273. The van der Waals surface area contributed by atoms with Crippen molar-refractivity contribution in [2.75, 3.05) is 11.1 Å². The summed E-state index contributed by atoms with van der Waals surface area (Å²) in [5, 5.41) is 2.86. The number of rotatable bonds is 6. The van der Waals surface area contributed by atoms with E-state index >= 15 is 0 Å². The van der Waals surface area contributed by atoms with E-state index in [1.807, 2.05) is 53.1 Å². The van der Waals surface area contributed by atoms with E-state index in [1.165, 1.54) is 0 Å². The first-order valence-electron chi connectivity index (χ1n) is 9.28. The molecule has 3 aromatic carbocycles. The molecule has 29 heavy (non-hydrogen) atoms. The number of hydrogen-bond acceptors (Lipinski definition) is 4. The first-order chi connectivity index (χ1) is 14.2. The predicted molar refractivity (Wildman–Crippen MR) is 114 cm³/mol. The van der Waals surface area contributed by atoms with Gasteiger partial charge in [0.25, 0.3) is 5.91 Å². The molecule has 0 aliphatic heterocycles. The van der Waals surface area contributed by atoms with Gasteiger partial charge in [-0.15, -0.1) is 0 Å². The Bertz CT molecular complexity index is 1170. The number of amides is 1. The second-order valence-corrected chi connectivity index (χ2v) is 6.73. The molecular formula is C23H20N4O2. The van der Waals surface area contributed by atoms with Crippen molar-refractivity contribution in [3.63, 3.8) is 0 Å². The largest absolute Gasteiger partial charge is 0.398 e. The first-order valence-corrected chi connectivity index (χ1v) is 9.28. The van der Waals surface area contributed by atoms with Gasteiger partial charge in [-0.3, -0.25) is 4.79 Å². The van der Waals surface area contributed by atoms with Crippen molar-refractivity contribution >= 4 is 34.6 Å². The maximum absolute atomic E-state index is 12.5. The number of para-hydroxylation sites is 1. The van der Waals surface area contributed by atoms with Gasteiger partial charge < -0.3 is 20.4 Å². The molecule has 0 saturated heterocycles. The third kappa shape index (κ3) is 3.73. The molecule has 0 aliphatic carbocycles. The highest BCUT2D eigenvalue weighted by Gasteiger charge is 2.17. The van der Waals surface area contributed by atoms with Crippen molar-refractivity contribution in [1.82, 2.24) is 9.55 Å². The number of carbonyl (C=O) groups is 2. The van der Waals surface area contributed by atoms with Gasteiger partial charge in [0.1, 0.15) is 6.29 Å². The molecule has 1 atom stereocenters. The number of carbonyl (C=O) groups excluding carboxylic acids is 2. The summed E-state index contributed by atoms with van der Waals surface area (Å²) in [6, 6.07) is 22.2. The number of nitrogens with two attached hydrogens (primary N) is 1. The van der Waals surface area contributed by atoms with Gasteiger partial charge in [0.15, 0.2) is 0 Å². The highest BCUT2D eigenvalue weighted by Crippen LogP contribution is 2.27. The van der Waals surface area contributed by atoms with E-state index in [0.717, 1.165) is 22.9 Å². The number of nitrogen functional groups attached to an aromatic ring is 1. The van der Waals surface area contributed by atoms with Crippen molar-refractivity contribution in [2.45, 2.75) is 12.5 Å². The van der Waals surface area contributed by atoms with E-state index in [0.29, 0.717) is 23.4 Å². The highest BCUT2D eigenvalue weighted by atomic mass is 16.1. The smallest absolute Gasteiger partial charge is 0.257 e. The highest BCUT2D eigenvalue weighted by molar-refractivity contribution is 6.08. The van der Waals surface area contributed by atoms with Gasteiger partial charge >= 0.3 is 0 Å². The van der Waals surface area contributed by atoms with Crippen molar-refractivity contribution in [3.8, 4) is 0 Å². The van der Waals surface area contributed by atoms with E-state index in [2.05, 4.69) is 10.3 Å². The Morgan fingerprint density at radius 1 is 1.07 bits per heavy atom. The fourth-order valence-corrected chi connectivity index (χ4v) is 3.44. The fraction of sp³-hybridized carbons (Fsp3) is 0.0870. The number of hydrogen-bond donors (Lipinski definition) is 2. The van der Waals surface area contributed by atoms with Gasteiger partial charge in [-0.2, -0.15) is 0 Å². The molecule has 0 bridgehead atoms. The number of fused-ring (bicyclic) bond motifs is 1. The number of aromatic nitrogens is 2. The summed E-state index contributed by atoms with van der Waals surface area (Å²) >= 11 is 0. The van der Waals surface area contributed by atoms with Crippen molar-refractivity contribution < 1.29 is 9.59 Å². The molecule has 144 valence electrons. The van der Waals surface area contributed by atoms with Crippen LogP contribution in [0, 0.1) is 0 Å². The molecule has 4 aromatic rings. The van der Waals surface area contributed by atoms with E-state index in [1.54, 1.807) is 30.6 Å². The molecule has 0 fully saturated rings. The number of benzene rings is 3. The lowest BCUT2D eigenvalue weighted by atomic mass is 10.0. The fourth-order valence-electron chi connectivity index (χ4n) is 3.44. The quantitative estimate of drug-likeness (QED) is 0.388. The van der Waals surface area contributed by atoms with Crippen LogP contribution in [0.15, 0.2) is 79.1 Å². The molecule has 3 N–H and O–H groups in total. The number of anilines is 2. The van der Waals surface area contributed by atoms with Crippen LogP contribution in [0.25, 0.3) is 11.0 Å². The summed E-state index contributed by atoms with van der Waals surface area (Å²) in [4.78, 5) is 28.2. The van der Waals surface area contributed by atoms with Crippen LogP contribution in [-0.4, -0.2) is 21.7 Å². The Morgan fingerprint density at radius 2 is 1.83 bits per heavy atom. The molecular weight excluding hydrogens is 364 g/mol. The topological polar surface area (TPSA) is 90.0 Å². The SMILES string of the molecule is Nc1ccccc1C(=O)Nc1ccc2c(c1)ncn2C(CC=O)c1ccccc1. The Morgan fingerprint density at radius 3 is 2.59 bits per heavy atom. The number of nitrogens with zero attached hydrogens (tertiary/aromatic N) is 2. The maximum Gasteiger partial charge on any atom is 0.257 e. The number of aldehydes is 1. The average Bonchev–Trinajstić information content (AvgIpc) is 3.16. The third-order valence-corrected chi connectivity index (χ3v) is 4.88. The monoisotopic (exact) mass is 384 g/mol. The van der Waals surface area contributed by atoms with Crippen molar-refractivity contribution in [3.05, 3.63) is 90.3 Å². The zero-order valence-electron chi connectivity index (χ0n) is 15.7. The molecule has 0 radical (unpaired) electrons. The summed E-state index contributed by atoms with van der Waals surface area (Å²) in [7, 11) is 0.